The average molecular weight is 330 g/mol. The van der Waals surface area contributed by atoms with Crippen molar-refractivity contribution < 1.29 is 15.0 Å². The van der Waals surface area contributed by atoms with Gasteiger partial charge in [0.25, 0.3) is 0 Å². The van der Waals surface area contributed by atoms with Crippen LogP contribution < -0.4 is 5.32 Å². The number of unbranched alkanes of at least 4 members (excludes halogenated alkanes) is 10. The van der Waals surface area contributed by atoms with Crippen molar-refractivity contribution in [1.29, 1.82) is 0 Å². The van der Waals surface area contributed by atoms with E-state index in [1.165, 1.54) is 57.8 Å². The summed E-state index contributed by atoms with van der Waals surface area (Å²) >= 11 is 0. The zero-order chi connectivity index (χ0) is 17.3. The molecule has 0 fully saturated rings. The van der Waals surface area contributed by atoms with Crippen LogP contribution in [0.3, 0.4) is 0 Å². The molecule has 0 saturated carbocycles. The number of aliphatic hydroxyl groups excluding tert-OH is 2. The van der Waals surface area contributed by atoms with Gasteiger partial charge >= 0.3 is 0 Å². The van der Waals surface area contributed by atoms with E-state index in [1.54, 1.807) is 6.92 Å². The van der Waals surface area contributed by atoms with Crippen LogP contribution in [0.4, 0.5) is 0 Å². The predicted octanol–water partition coefficient (Wildman–Crippen LogP) is 3.94. The first-order valence-corrected chi connectivity index (χ1v) is 9.73. The fourth-order valence-corrected chi connectivity index (χ4v) is 2.79. The maximum absolute atomic E-state index is 11.3. The van der Waals surface area contributed by atoms with E-state index in [9.17, 15) is 15.0 Å². The van der Waals surface area contributed by atoms with Crippen LogP contribution in [0.25, 0.3) is 0 Å². The summed E-state index contributed by atoms with van der Waals surface area (Å²) in [5.41, 5.74) is 0. The number of hydrogen-bond donors (Lipinski definition) is 3. The number of rotatable bonds is 16. The third-order valence-corrected chi connectivity index (χ3v) is 4.43. The number of amides is 1. The van der Waals surface area contributed by atoms with E-state index in [0.717, 1.165) is 12.8 Å². The Morgan fingerprint density at radius 3 is 1.78 bits per heavy atom. The molecule has 0 aromatic heterocycles. The van der Waals surface area contributed by atoms with Crippen LogP contribution >= 0.6 is 0 Å². The highest BCUT2D eigenvalue weighted by atomic mass is 16.3. The first kappa shape index (κ1) is 22.4. The monoisotopic (exact) mass is 329 g/mol. The van der Waals surface area contributed by atoms with Crippen LogP contribution in [0.1, 0.15) is 97.3 Å². The molecular weight excluding hydrogens is 290 g/mol. The minimum Gasteiger partial charge on any atom is -0.394 e. The molecule has 3 N–H and O–H groups in total. The zero-order valence-electron chi connectivity index (χ0n) is 15.4. The quantitative estimate of drug-likeness (QED) is 0.376. The molecule has 138 valence electrons. The van der Waals surface area contributed by atoms with Gasteiger partial charge in [0, 0.05) is 6.42 Å². The van der Waals surface area contributed by atoms with E-state index >= 15 is 0 Å². The highest BCUT2D eigenvalue weighted by Gasteiger charge is 2.19. The normalized spacial score (nSPS) is 13.7. The first-order valence-electron chi connectivity index (χ1n) is 9.73. The van der Waals surface area contributed by atoms with Crippen LogP contribution in [0.15, 0.2) is 0 Å². The highest BCUT2D eigenvalue weighted by molar-refractivity contribution is 5.75. The number of hydrogen-bond acceptors (Lipinski definition) is 3. The molecule has 0 radical (unpaired) electrons. The van der Waals surface area contributed by atoms with Crippen LogP contribution in [-0.4, -0.2) is 34.9 Å². The van der Waals surface area contributed by atoms with E-state index in [2.05, 4.69) is 12.2 Å². The molecule has 4 heteroatoms. The molecule has 1 amide bonds. The number of carbonyl (C=O) groups is 1. The van der Waals surface area contributed by atoms with E-state index in [-0.39, 0.29) is 12.5 Å². The molecule has 0 aromatic carbocycles. The second kappa shape index (κ2) is 16.3. The SMILES string of the molecule is CCCCCCCCCCCCCC(O)C(CO)NC(=O)CC. The van der Waals surface area contributed by atoms with Crippen molar-refractivity contribution in [3.05, 3.63) is 0 Å². The molecule has 0 rings (SSSR count). The molecule has 0 aliphatic rings. The molecule has 0 heterocycles. The van der Waals surface area contributed by atoms with Crippen molar-refractivity contribution in [2.75, 3.05) is 6.61 Å². The fourth-order valence-electron chi connectivity index (χ4n) is 2.79. The van der Waals surface area contributed by atoms with Gasteiger partial charge in [0.15, 0.2) is 0 Å². The van der Waals surface area contributed by atoms with E-state index < -0.39 is 12.1 Å². The first-order chi connectivity index (χ1) is 11.2. The van der Waals surface area contributed by atoms with Gasteiger partial charge in [-0.3, -0.25) is 4.79 Å². The summed E-state index contributed by atoms with van der Waals surface area (Å²) in [6.07, 6.45) is 14.4. The lowest BCUT2D eigenvalue weighted by atomic mass is 10.0. The standard InChI is InChI=1S/C19H39NO3/c1-3-5-6-7-8-9-10-11-12-13-14-15-18(22)17(16-21)20-19(23)4-2/h17-18,21-22H,3-16H2,1-2H3,(H,20,23). The lowest BCUT2D eigenvalue weighted by Crippen LogP contribution is -2.45. The topological polar surface area (TPSA) is 69.6 Å². The van der Waals surface area contributed by atoms with E-state index in [0.29, 0.717) is 12.8 Å². The minimum atomic E-state index is -0.644. The average Bonchev–Trinajstić information content (AvgIpc) is 2.56. The summed E-state index contributed by atoms with van der Waals surface area (Å²) in [6.45, 7) is 3.81. The summed E-state index contributed by atoms with van der Waals surface area (Å²) in [5.74, 6) is -0.123. The Morgan fingerprint density at radius 1 is 0.870 bits per heavy atom. The van der Waals surface area contributed by atoms with Gasteiger partial charge in [-0.1, -0.05) is 84.5 Å². The molecular formula is C19H39NO3. The van der Waals surface area contributed by atoms with Gasteiger partial charge in [0.1, 0.15) is 0 Å². The van der Waals surface area contributed by atoms with Gasteiger partial charge in [-0.05, 0) is 6.42 Å². The van der Waals surface area contributed by atoms with Gasteiger partial charge in [-0.15, -0.1) is 0 Å². The third kappa shape index (κ3) is 13.5. The Kier molecular flexibility index (Phi) is 15.8. The minimum absolute atomic E-state index is 0.123. The van der Waals surface area contributed by atoms with E-state index in [1.807, 2.05) is 0 Å². The van der Waals surface area contributed by atoms with Crippen molar-refractivity contribution in [2.24, 2.45) is 0 Å². The molecule has 4 nitrogen and oxygen atoms in total. The van der Waals surface area contributed by atoms with Crippen LogP contribution in [0, 0.1) is 0 Å². The van der Waals surface area contributed by atoms with Crippen molar-refractivity contribution in [1.82, 2.24) is 5.32 Å². The summed E-state index contributed by atoms with van der Waals surface area (Å²) in [4.78, 5) is 11.3. The highest BCUT2D eigenvalue weighted by Crippen LogP contribution is 2.13. The van der Waals surface area contributed by atoms with Crippen molar-refractivity contribution >= 4 is 5.91 Å². The van der Waals surface area contributed by atoms with Gasteiger partial charge in [-0.2, -0.15) is 0 Å². The summed E-state index contributed by atoms with van der Waals surface area (Å²) in [6, 6.07) is -0.523. The van der Waals surface area contributed by atoms with Gasteiger partial charge in [-0.25, -0.2) is 0 Å². The van der Waals surface area contributed by atoms with Crippen molar-refractivity contribution in [2.45, 2.75) is 109 Å². The smallest absolute Gasteiger partial charge is 0.220 e. The van der Waals surface area contributed by atoms with Gasteiger partial charge < -0.3 is 15.5 Å². The molecule has 0 aliphatic carbocycles. The molecule has 0 bridgehead atoms. The molecule has 0 aliphatic heterocycles. The van der Waals surface area contributed by atoms with Crippen LogP contribution in [0.5, 0.6) is 0 Å². The predicted molar refractivity (Wildman–Crippen MR) is 96.4 cm³/mol. The summed E-state index contributed by atoms with van der Waals surface area (Å²) < 4.78 is 0. The van der Waals surface area contributed by atoms with Crippen molar-refractivity contribution in [3.63, 3.8) is 0 Å². The zero-order valence-corrected chi connectivity index (χ0v) is 15.4. The van der Waals surface area contributed by atoms with E-state index in [4.69, 9.17) is 0 Å². The molecule has 2 atom stereocenters. The maximum Gasteiger partial charge on any atom is 0.220 e. The number of carbonyl (C=O) groups excluding carboxylic acids is 1. The lowest BCUT2D eigenvalue weighted by molar-refractivity contribution is -0.122. The van der Waals surface area contributed by atoms with Crippen LogP contribution in [-0.2, 0) is 4.79 Å². The van der Waals surface area contributed by atoms with Crippen molar-refractivity contribution in [3.8, 4) is 0 Å². The Hall–Kier alpha value is -0.610. The molecule has 0 aromatic rings. The number of aliphatic hydroxyl groups is 2. The second-order valence-electron chi connectivity index (χ2n) is 6.60. The molecule has 0 saturated heterocycles. The Bertz CT molecular complexity index is 271. The maximum atomic E-state index is 11.3. The van der Waals surface area contributed by atoms with Gasteiger partial charge in [0.2, 0.25) is 5.91 Å². The number of nitrogens with one attached hydrogen (secondary N) is 1. The van der Waals surface area contributed by atoms with Crippen LogP contribution in [0.2, 0.25) is 0 Å². The second-order valence-corrected chi connectivity index (χ2v) is 6.60. The fraction of sp³-hybridized carbons (Fsp3) is 0.947. The lowest BCUT2D eigenvalue weighted by Gasteiger charge is -2.22. The summed E-state index contributed by atoms with van der Waals surface area (Å²) in [5, 5.41) is 21.9. The molecule has 0 spiro atoms. The third-order valence-electron chi connectivity index (χ3n) is 4.43. The Labute approximate surface area is 143 Å². The summed E-state index contributed by atoms with van der Waals surface area (Å²) in [7, 11) is 0. The molecule has 2 unspecified atom stereocenters. The largest absolute Gasteiger partial charge is 0.394 e. The Morgan fingerprint density at radius 2 is 1.35 bits per heavy atom. The van der Waals surface area contributed by atoms with Gasteiger partial charge in [0.05, 0.1) is 18.8 Å². The molecule has 23 heavy (non-hydrogen) atoms. The Balaban J connectivity index is 3.47.